The van der Waals surface area contributed by atoms with Gasteiger partial charge in [-0.1, -0.05) is 61.3 Å². The van der Waals surface area contributed by atoms with Crippen molar-refractivity contribution in [3.05, 3.63) is 92.3 Å². The van der Waals surface area contributed by atoms with Crippen LogP contribution < -0.4 is 9.64 Å². The van der Waals surface area contributed by atoms with Crippen LogP contribution in [0.3, 0.4) is 0 Å². The first-order valence-electron chi connectivity index (χ1n) is 12.6. The van der Waals surface area contributed by atoms with Crippen LogP contribution in [0.4, 0.5) is 11.4 Å². The maximum atomic E-state index is 13.7. The number of carbonyl (C=O) groups is 2. The molecule has 0 radical (unpaired) electrons. The lowest BCUT2D eigenvalue weighted by molar-refractivity contribution is -0.145. The fraction of sp³-hybridized carbons (Fsp3) is 0.233. The van der Waals surface area contributed by atoms with Gasteiger partial charge in [0.15, 0.2) is 17.5 Å². The number of ether oxygens (including phenoxy) is 2. The number of amidine groups is 1. The van der Waals surface area contributed by atoms with E-state index in [1.165, 1.54) is 22.9 Å². The zero-order chi connectivity index (χ0) is 27.9. The highest BCUT2D eigenvalue weighted by molar-refractivity contribution is 8.19. The lowest BCUT2D eigenvalue weighted by atomic mass is 10.1. The molecule has 39 heavy (non-hydrogen) atoms. The number of rotatable bonds is 9. The largest absolute Gasteiger partial charge is 0.479 e. The Bertz CT molecular complexity index is 1400. The molecule has 0 bridgehead atoms. The number of hydrogen-bond donors (Lipinski definition) is 0. The topological polar surface area (TPSA) is 68.2 Å². The van der Waals surface area contributed by atoms with Crippen molar-refractivity contribution >= 4 is 69.5 Å². The van der Waals surface area contributed by atoms with E-state index in [0.29, 0.717) is 15.6 Å². The Morgan fingerprint density at radius 3 is 2.10 bits per heavy atom. The van der Waals surface area contributed by atoms with Gasteiger partial charge < -0.3 is 9.47 Å². The fourth-order valence-electron chi connectivity index (χ4n) is 3.86. The van der Waals surface area contributed by atoms with Crippen LogP contribution in [0.25, 0.3) is 6.08 Å². The maximum absolute atomic E-state index is 13.7. The number of thioether (sulfide) groups is 1. The van der Waals surface area contributed by atoms with Crippen LogP contribution in [-0.2, 0) is 27.2 Å². The summed E-state index contributed by atoms with van der Waals surface area (Å²) in [6.45, 7) is 5.83. The van der Waals surface area contributed by atoms with Gasteiger partial charge in [-0.2, -0.15) is 0 Å². The first-order chi connectivity index (χ1) is 18.8. The van der Waals surface area contributed by atoms with Crippen molar-refractivity contribution in [1.82, 2.24) is 0 Å². The third kappa shape index (κ3) is 7.04. The van der Waals surface area contributed by atoms with Gasteiger partial charge in [-0.05, 0) is 90.7 Å². The molecule has 1 aliphatic rings. The van der Waals surface area contributed by atoms with Gasteiger partial charge in [-0.15, -0.1) is 0 Å². The summed E-state index contributed by atoms with van der Waals surface area (Å²) in [7, 11) is 0. The van der Waals surface area contributed by atoms with Crippen LogP contribution in [0.5, 0.6) is 5.75 Å². The van der Waals surface area contributed by atoms with Gasteiger partial charge in [-0.25, -0.2) is 9.79 Å². The normalized spacial score (nSPS) is 15.3. The van der Waals surface area contributed by atoms with Gasteiger partial charge in [0.05, 0.1) is 32.9 Å². The number of nitrogens with zero attached hydrogens (tertiary/aromatic N) is 2. The van der Waals surface area contributed by atoms with Gasteiger partial charge in [0.2, 0.25) is 0 Å². The van der Waals surface area contributed by atoms with Gasteiger partial charge in [0.1, 0.15) is 0 Å². The van der Waals surface area contributed by atoms with Crippen molar-refractivity contribution in [2.75, 3.05) is 18.1 Å². The highest BCUT2D eigenvalue weighted by Crippen LogP contribution is 2.40. The van der Waals surface area contributed by atoms with Gasteiger partial charge in [0.25, 0.3) is 5.91 Å². The zero-order valence-electron chi connectivity index (χ0n) is 21.9. The van der Waals surface area contributed by atoms with E-state index in [9.17, 15) is 9.59 Å². The lowest BCUT2D eigenvalue weighted by Gasteiger charge is -2.16. The van der Waals surface area contributed by atoms with Crippen molar-refractivity contribution in [2.45, 2.75) is 33.6 Å². The molecule has 6 nitrogen and oxygen atoms in total. The highest BCUT2D eigenvalue weighted by atomic mass is 35.5. The zero-order valence-corrected chi connectivity index (χ0v) is 24.2. The van der Waals surface area contributed by atoms with Crippen LogP contribution in [0.1, 0.15) is 37.5 Å². The quantitative estimate of drug-likeness (QED) is 0.189. The molecule has 3 aromatic rings. The number of aryl methyl sites for hydroxylation is 2. The van der Waals surface area contributed by atoms with E-state index in [-0.39, 0.29) is 34.9 Å². The molecular weight excluding hydrogens is 555 g/mol. The first kappa shape index (κ1) is 28.7. The first-order valence-corrected chi connectivity index (χ1v) is 14.2. The number of aliphatic imine (C=N–C) groups is 1. The summed E-state index contributed by atoms with van der Waals surface area (Å²) in [5, 5.41) is 0.975. The summed E-state index contributed by atoms with van der Waals surface area (Å²) in [4.78, 5) is 32.2. The summed E-state index contributed by atoms with van der Waals surface area (Å²) >= 11 is 14.1. The predicted octanol–water partition coefficient (Wildman–Crippen LogP) is 7.87. The number of halogens is 2. The van der Waals surface area contributed by atoms with Gasteiger partial charge in [0, 0.05) is 0 Å². The third-order valence-corrected chi connectivity index (χ3v) is 7.47. The molecule has 0 atom stereocenters. The van der Waals surface area contributed by atoms with Crippen LogP contribution >= 0.6 is 35.0 Å². The molecular formula is C30H28Cl2N2O4S. The number of hydrogen-bond acceptors (Lipinski definition) is 6. The molecule has 1 amide bonds. The Balaban J connectivity index is 1.67. The summed E-state index contributed by atoms with van der Waals surface area (Å²) in [6.07, 6.45) is 3.56. The second-order valence-corrected chi connectivity index (χ2v) is 10.4. The number of anilines is 1. The number of amides is 1. The Morgan fingerprint density at radius 1 is 0.949 bits per heavy atom. The van der Waals surface area contributed by atoms with Crippen molar-refractivity contribution in [1.29, 1.82) is 0 Å². The standard InChI is InChI=1S/C30H28Cl2N2O4S/c1-4-19-7-11-22(12-8-19)33-30-34(23-13-9-20(5-2)10-14-23)29(36)26(39-30)17-21-15-24(31)28(25(32)16-21)38-18-27(35)37-6-3/h7-17H,4-6,18H2,1-3H3/b26-17-,33-30?. The van der Waals surface area contributed by atoms with E-state index in [2.05, 4.69) is 13.8 Å². The lowest BCUT2D eigenvalue weighted by Crippen LogP contribution is -2.28. The molecule has 3 aromatic carbocycles. The molecule has 1 aliphatic heterocycles. The summed E-state index contributed by atoms with van der Waals surface area (Å²) in [5.41, 5.74) is 4.49. The smallest absolute Gasteiger partial charge is 0.344 e. The van der Waals surface area contributed by atoms with Crippen molar-refractivity contribution in [3.63, 3.8) is 0 Å². The van der Waals surface area contributed by atoms with Gasteiger partial charge >= 0.3 is 5.97 Å². The molecule has 0 N–H and O–H groups in total. The SMILES string of the molecule is CCOC(=O)COc1c(Cl)cc(/C=C2\SC(=Nc3ccc(CC)cc3)N(c3ccc(CC)cc3)C2=O)cc1Cl. The minimum atomic E-state index is -0.521. The molecule has 1 fully saturated rings. The molecule has 1 saturated heterocycles. The van der Waals surface area contributed by atoms with Crippen LogP contribution in [0, 0.1) is 0 Å². The second-order valence-electron chi connectivity index (χ2n) is 8.59. The second kappa shape index (κ2) is 13.2. The molecule has 202 valence electrons. The molecule has 0 spiro atoms. The molecule has 0 aliphatic carbocycles. The van der Waals surface area contributed by atoms with E-state index >= 15 is 0 Å². The Kier molecular flexibility index (Phi) is 9.73. The van der Waals surface area contributed by atoms with E-state index < -0.39 is 5.97 Å². The average Bonchev–Trinajstić information content (AvgIpc) is 3.22. The van der Waals surface area contributed by atoms with E-state index in [1.54, 1.807) is 30.0 Å². The van der Waals surface area contributed by atoms with Crippen molar-refractivity contribution < 1.29 is 19.1 Å². The monoisotopic (exact) mass is 582 g/mol. The predicted molar refractivity (Wildman–Crippen MR) is 160 cm³/mol. The maximum Gasteiger partial charge on any atom is 0.344 e. The highest BCUT2D eigenvalue weighted by Gasteiger charge is 2.35. The Morgan fingerprint density at radius 2 is 1.54 bits per heavy atom. The number of esters is 1. The molecule has 0 unspecified atom stereocenters. The van der Waals surface area contributed by atoms with Crippen LogP contribution in [0.2, 0.25) is 10.0 Å². The molecule has 4 rings (SSSR count). The summed E-state index contributed by atoms with van der Waals surface area (Å²) in [6, 6.07) is 19.1. The molecule has 0 saturated carbocycles. The van der Waals surface area contributed by atoms with E-state index in [1.807, 2.05) is 48.5 Å². The minimum Gasteiger partial charge on any atom is -0.479 e. The van der Waals surface area contributed by atoms with Crippen LogP contribution in [0.15, 0.2) is 70.6 Å². The minimum absolute atomic E-state index is 0.175. The number of benzene rings is 3. The number of carbonyl (C=O) groups excluding carboxylic acids is 2. The third-order valence-electron chi connectivity index (χ3n) is 5.94. The van der Waals surface area contributed by atoms with E-state index in [4.69, 9.17) is 37.7 Å². The average molecular weight is 584 g/mol. The van der Waals surface area contributed by atoms with Crippen molar-refractivity contribution in [2.24, 2.45) is 4.99 Å². The summed E-state index contributed by atoms with van der Waals surface area (Å²) < 4.78 is 10.3. The summed E-state index contributed by atoms with van der Waals surface area (Å²) in [5.74, 6) is -0.551. The molecule has 9 heteroatoms. The van der Waals surface area contributed by atoms with E-state index in [0.717, 1.165) is 24.2 Å². The van der Waals surface area contributed by atoms with Gasteiger partial charge in [-0.3, -0.25) is 9.69 Å². The fourth-order valence-corrected chi connectivity index (χ4v) is 5.47. The Hall–Kier alpha value is -3.26. The molecule has 0 aromatic heterocycles. The van der Waals surface area contributed by atoms with Crippen LogP contribution in [-0.4, -0.2) is 30.3 Å². The molecule has 1 heterocycles. The Labute approximate surface area is 242 Å². The van der Waals surface area contributed by atoms with Crippen molar-refractivity contribution in [3.8, 4) is 5.75 Å².